The van der Waals surface area contributed by atoms with Crippen LogP contribution in [0.5, 0.6) is 0 Å². The van der Waals surface area contributed by atoms with E-state index in [1.165, 1.54) is 4.90 Å². The molecule has 7 rings (SSSR count). The number of rotatable bonds is 7. The van der Waals surface area contributed by atoms with E-state index in [0.717, 1.165) is 22.3 Å². The van der Waals surface area contributed by atoms with Crippen LogP contribution in [-0.2, 0) is 24.1 Å². The Hall–Kier alpha value is -2.86. The zero-order valence-corrected chi connectivity index (χ0v) is 22.7. The second kappa shape index (κ2) is 9.41. The molecule has 1 fully saturated rings. The number of nitrogens with zero attached hydrogens (tertiary/aromatic N) is 1. The number of carbonyl (C=O) groups is 3. The van der Waals surface area contributed by atoms with Crippen molar-refractivity contribution in [2.75, 3.05) is 11.9 Å². The van der Waals surface area contributed by atoms with Gasteiger partial charge in [0.15, 0.2) is 0 Å². The first kappa shape index (κ1) is 25.4. The Morgan fingerprint density at radius 1 is 0.763 bits per heavy atom. The minimum atomic E-state index is -1.16. The van der Waals surface area contributed by atoms with E-state index in [2.05, 4.69) is 5.32 Å². The van der Waals surface area contributed by atoms with Crippen molar-refractivity contribution in [3.8, 4) is 0 Å². The fourth-order valence-electron chi connectivity index (χ4n) is 6.47. The molecule has 0 aromatic heterocycles. The Morgan fingerprint density at radius 3 is 1.79 bits per heavy atom. The lowest BCUT2D eigenvalue weighted by Crippen LogP contribution is -2.57. The van der Waals surface area contributed by atoms with Crippen LogP contribution in [0, 0.1) is 11.8 Å². The Bertz CT molecular complexity index is 1350. The zero-order chi connectivity index (χ0) is 26.7. The molecule has 3 aromatic carbocycles. The van der Waals surface area contributed by atoms with Gasteiger partial charge in [-0.3, -0.25) is 19.3 Å². The average Bonchev–Trinajstić information content (AvgIpc) is 3.17. The first-order chi connectivity index (χ1) is 18.3. The second-order valence-corrected chi connectivity index (χ2v) is 11.8. The molecule has 8 heteroatoms. The lowest BCUT2D eigenvalue weighted by molar-refractivity contribution is -0.140. The van der Waals surface area contributed by atoms with E-state index >= 15 is 0 Å². The van der Waals surface area contributed by atoms with E-state index in [0.29, 0.717) is 36.4 Å². The standard InChI is InChI=1S/C30H25Cl3N2O3/c31-18-9-8-10-19(17-18)34-24(36)15-2-1-7-16-35-27(37)25-26(28(35)38)30(33)21-12-4-3-11-20(21)29(25,32)22-13-5-6-14-23(22)30/h3-6,8-14,17,25-26H,1-2,7,15-16H2,(H,34,36)/t25-,26-,29?,30?/m1/s1. The van der Waals surface area contributed by atoms with Crippen molar-refractivity contribution in [2.24, 2.45) is 11.8 Å². The highest BCUT2D eigenvalue weighted by Crippen LogP contribution is 2.69. The molecule has 4 aliphatic rings. The fourth-order valence-corrected chi connectivity index (χ4v) is 7.76. The summed E-state index contributed by atoms with van der Waals surface area (Å²) in [5, 5.41) is 3.39. The van der Waals surface area contributed by atoms with E-state index in [1.807, 2.05) is 48.5 Å². The molecule has 3 aliphatic carbocycles. The van der Waals surface area contributed by atoms with Gasteiger partial charge in [-0.2, -0.15) is 0 Å². The SMILES string of the molecule is O=C(CCCCCN1C(=O)[C@H]2[C@H](C1=O)C1(Cl)c3ccccc3C2(Cl)c2ccccc21)Nc1cccc(Cl)c1. The van der Waals surface area contributed by atoms with Crippen LogP contribution in [0.3, 0.4) is 0 Å². The van der Waals surface area contributed by atoms with E-state index in [4.69, 9.17) is 34.8 Å². The minimum absolute atomic E-state index is 0.105. The quantitative estimate of drug-likeness (QED) is 0.203. The molecular formula is C30H25Cl3N2O3. The topological polar surface area (TPSA) is 66.5 Å². The number of likely N-dealkylation sites (tertiary alicyclic amines) is 1. The van der Waals surface area contributed by atoms with Crippen molar-refractivity contribution in [1.29, 1.82) is 0 Å². The van der Waals surface area contributed by atoms with Gasteiger partial charge in [-0.25, -0.2) is 0 Å². The van der Waals surface area contributed by atoms with Gasteiger partial charge in [-0.1, -0.05) is 72.6 Å². The number of amides is 3. The van der Waals surface area contributed by atoms with Crippen LogP contribution in [0.25, 0.3) is 0 Å². The summed E-state index contributed by atoms with van der Waals surface area (Å²) >= 11 is 20.8. The van der Waals surface area contributed by atoms with Crippen molar-refractivity contribution < 1.29 is 14.4 Å². The highest BCUT2D eigenvalue weighted by molar-refractivity contribution is 6.36. The summed E-state index contributed by atoms with van der Waals surface area (Å²) in [6.07, 6.45) is 2.24. The number of benzene rings is 3. The maximum Gasteiger partial charge on any atom is 0.235 e. The molecule has 0 spiro atoms. The van der Waals surface area contributed by atoms with Gasteiger partial charge in [0.1, 0.15) is 9.75 Å². The highest BCUT2D eigenvalue weighted by Gasteiger charge is 2.72. The van der Waals surface area contributed by atoms with E-state index in [9.17, 15) is 14.4 Å². The normalized spacial score (nSPS) is 26.7. The third kappa shape index (κ3) is 3.63. The highest BCUT2D eigenvalue weighted by atomic mass is 35.5. The van der Waals surface area contributed by atoms with Crippen LogP contribution in [0.1, 0.15) is 47.9 Å². The van der Waals surface area contributed by atoms with Gasteiger partial charge in [0.05, 0.1) is 11.8 Å². The lowest BCUT2D eigenvalue weighted by atomic mass is 9.54. The van der Waals surface area contributed by atoms with Crippen LogP contribution < -0.4 is 5.32 Å². The van der Waals surface area contributed by atoms with Gasteiger partial charge in [0, 0.05) is 23.7 Å². The maximum atomic E-state index is 13.8. The number of imide groups is 1. The van der Waals surface area contributed by atoms with Crippen LogP contribution in [0.2, 0.25) is 5.02 Å². The predicted octanol–water partition coefficient (Wildman–Crippen LogP) is 6.43. The molecule has 2 bridgehead atoms. The maximum absolute atomic E-state index is 13.8. The lowest BCUT2D eigenvalue weighted by Gasteiger charge is -2.54. The molecule has 0 saturated carbocycles. The van der Waals surface area contributed by atoms with E-state index < -0.39 is 21.6 Å². The predicted molar refractivity (Wildman–Crippen MR) is 148 cm³/mol. The summed E-state index contributed by atoms with van der Waals surface area (Å²) in [5.74, 6) is -2.21. The molecule has 1 aliphatic heterocycles. The Labute approximate surface area is 236 Å². The first-order valence-corrected chi connectivity index (χ1v) is 13.9. The number of hydrogen-bond acceptors (Lipinski definition) is 3. The number of halogens is 3. The summed E-state index contributed by atoms with van der Waals surface area (Å²) in [6, 6.07) is 22.2. The molecule has 3 aromatic rings. The Kier molecular flexibility index (Phi) is 6.29. The van der Waals surface area contributed by atoms with Gasteiger partial charge in [-0.15, -0.1) is 23.2 Å². The third-order valence-corrected chi connectivity index (χ3v) is 9.59. The molecule has 1 N–H and O–H groups in total. The minimum Gasteiger partial charge on any atom is -0.326 e. The summed E-state index contributed by atoms with van der Waals surface area (Å²) in [4.78, 5) is 38.9. The second-order valence-electron chi connectivity index (χ2n) is 10.2. The van der Waals surface area contributed by atoms with Crippen molar-refractivity contribution in [1.82, 2.24) is 4.90 Å². The summed E-state index contributed by atoms with van der Waals surface area (Å²) in [5.41, 5.74) is 3.84. The Balaban J connectivity index is 1.17. The average molecular weight is 568 g/mol. The summed E-state index contributed by atoms with van der Waals surface area (Å²) in [7, 11) is 0. The van der Waals surface area contributed by atoms with Crippen LogP contribution in [0.4, 0.5) is 5.69 Å². The van der Waals surface area contributed by atoms with Crippen molar-refractivity contribution >= 4 is 58.2 Å². The molecule has 3 amide bonds. The van der Waals surface area contributed by atoms with Gasteiger partial charge in [0.2, 0.25) is 17.7 Å². The van der Waals surface area contributed by atoms with Gasteiger partial charge < -0.3 is 5.32 Å². The molecular weight excluding hydrogens is 543 g/mol. The van der Waals surface area contributed by atoms with E-state index in [1.54, 1.807) is 24.3 Å². The number of hydrogen-bond donors (Lipinski definition) is 1. The summed E-state index contributed by atoms with van der Waals surface area (Å²) < 4.78 is 0. The molecule has 38 heavy (non-hydrogen) atoms. The Morgan fingerprint density at radius 2 is 1.29 bits per heavy atom. The molecule has 2 atom stereocenters. The van der Waals surface area contributed by atoms with Gasteiger partial charge >= 0.3 is 0 Å². The fraction of sp³-hybridized carbons (Fsp3) is 0.300. The molecule has 1 heterocycles. The molecule has 194 valence electrons. The number of nitrogens with one attached hydrogen (secondary N) is 1. The third-order valence-electron chi connectivity index (χ3n) is 8.07. The monoisotopic (exact) mass is 566 g/mol. The van der Waals surface area contributed by atoms with E-state index in [-0.39, 0.29) is 24.3 Å². The molecule has 5 nitrogen and oxygen atoms in total. The van der Waals surface area contributed by atoms with Gasteiger partial charge in [-0.05, 0) is 53.3 Å². The van der Waals surface area contributed by atoms with Crippen molar-refractivity contribution in [2.45, 2.75) is 35.4 Å². The molecule has 0 unspecified atom stereocenters. The number of alkyl halides is 2. The molecule has 0 radical (unpaired) electrons. The number of unbranched alkanes of at least 4 members (excludes halogenated alkanes) is 2. The first-order valence-electron chi connectivity index (χ1n) is 12.8. The van der Waals surface area contributed by atoms with Crippen LogP contribution >= 0.6 is 34.8 Å². The van der Waals surface area contributed by atoms with Crippen LogP contribution in [-0.4, -0.2) is 29.2 Å². The smallest absolute Gasteiger partial charge is 0.235 e. The van der Waals surface area contributed by atoms with Crippen molar-refractivity contribution in [3.05, 3.63) is 100 Å². The molecule has 1 saturated heterocycles. The number of carbonyl (C=O) groups excluding carboxylic acids is 3. The summed E-state index contributed by atoms with van der Waals surface area (Å²) in [6.45, 7) is 0.271. The number of anilines is 1. The van der Waals surface area contributed by atoms with Crippen LogP contribution in [0.15, 0.2) is 72.8 Å². The van der Waals surface area contributed by atoms with Crippen molar-refractivity contribution in [3.63, 3.8) is 0 Å². The zero-order valence-electron chi connectivity index (χ0n) is 20.4. The van der Waals surface area contributed by atoms with Gasteiger partial charge in [0.25, 0.3) is 0 Å². The largest absolute Gasteiger partial charge is 0.326 e.